The number of nitrogens with two attached hydrogens (primary N) is 1. The molecule has 1 heterocycles. The maximum Gasteiger partial charge on any atom is 0.253 e. The lowest BCUT2D eigenvalue weighted by Crippen LogP contribution is -2.49. The summed E-state index contributed by atoms with van der Waals surface area (Å²) in [4.78, 5) is 27.4. The molecule has 7 nitrogen and oxygen atoms in total. The molecule has 1 aliphatic carbocycles. The molecule has 37 heavy (non-hydrogen) atoms. The molecule has 0 spiro atoms. The Morgan fingerprint density at radius 1 is 1.08 bits per heavy atom. The molecule has 0 aromatic heterocycles. The van der Waals surface area contributed by atoms with Gasteiger partial charge in [-0.3, -0.25) is 9.59 Å². The number of nitrogens with one attached hydrogen (secondary N) is 1. The summed E-state index contributed by atoms with van der Waals surface area (Å²) < 4.78 is 26.2. The van der Waals surface area contributed by atoms with E-state index in [9.17, 15) is 14.0 Å². The van der Waals surface area contributed by atoms with Gasteiger partial charge in [-0.2, -0.15) is 0 Å². The molecule has 1 aliphatic heterocycles. The predicted molar refractivity (Wildman–Crippen MR) is 146 cm³/mol. The van der Waals surface area contributed by atoms with E-state index in [4.69, 9.17) is 15.2 Å². The summed E-state index contributed by atoms with van der Waals surface area (Å²) in [7, 11) is 1.65. The number of methoxy groups -OCH3 is 1. The minimum Gasteiger partial charge on any atom is -0.385 e. The Bertz CT molecular complexity index is 1060. The molecule has 2 aromatic carbocycles. The molecule has 204 valence electrons. The van der Waals surface area contributed by atoms with E-state index in [1.807, 2.05) is 11.0 Å². The van der Waals surface area contributed by atoms with Gasteiger partial charge >= 0.3 is 0 Å². The van der Waals surface area contributed by atoms with Gasteiger partial charge in [-0.25, -0.2) is 4.39 Å². The van der Waals surface area contributed by atoms with Gasteiger partial charge in [0.25, 0.3) is 10.9 Å². The van der Waals surface area contributed by atoms with Crippen molar-refractivity contribution in [3.05, 3.63) is 56.1 Å². The summed E-state index contributed by atoms with van der Waals surface area (Å²) in [5, 5.41) is 3.35. The average Bonchev–Trinajstić information content (AvgIpc) is 2.93. The van der Waals surface area contributed by atoms with Crippen molar-refractivity contribution >= 4 is 11.4 Å². The first kappa shape index (κ1) is 27.7. The van der Waals surface area contributed by atoms with Gasteiger partial charge in [0, 0.05) is 57.5 Å². The fraction of sp³-hybridized carbons (Fsp3) is 0.655. The van der Waals surface area contributed by atoms with Gasteiger partial charge in [-0.1, -0.05) is 50.3 Å². The van der Waals surface area contributed by atoms with Crippen molar-refractivity contribution < 1.29 is 13.9 Å². The number of ether oxygens (including phenoxy) is 2. The number of nitrogens with zero attached hydrogens (tertiary/aromatic N) is 1. The molecule has 1 saturated carbocycles. The number of rotatable bonds is 13. The number of benzene rings is 1. The van der Waals surface area contributed by atoms with Crippen molar-refractivity contribution in [3.8, 4) is 0 Å². The molecule has 0 bridgehead atoms. The Morgan fingerprint density at radius 3 is 2.59 bits per heavy atom. The van der Waals surface area contributed by atoms with Crippen LogP contribution >= 0.6 is 0 Å². The molecule has 0 radical (unpaired) electrons. The first-order chi connectivity index (χ1) is 18.0. The van der Waals surface area contributed by atoms with Crippen molar-refractivity contribution in [2.45, 2.75) is 69.9 Å². The van der Waals surface area contributed by atoms with Crippen molar-refractivity contribution in [1.29, 1.82) is 0 Å². The minimum atomic E-state index is -0.458. The van der Waals surface area contributed by atoms with Gasteiger partial charge in [0.2, 0.25) is 0 Å². The van der Waals surface area contributed by atoms with Gasteiger partial charge in [0.1, 0.15) is 17.2 Å². The minimum absolute atomic E-state index is 0.0157. The molecule has 3 atom stereocenters. The van der Waals surface area contributed by atoms with Crippen LogP contribution in [0.25, 0.3) is 0 Å². The Morgan fingerprint density at radius 2 is 1.86 bits per heavy atom. The van der Waals surface area contributed by atoms with E-state index < -0.39 is 17.0 Å². The van der Waals surface area contributed by atoms with Crippen LogP contribution in [0.5, 0.6) is 0 Å². The second kappa shape index (κ2) is 13.5. The standard InChI is InChI=1S/C29H42FN3O4/c1-36-15-8-16-37-29(23-12-5-6-13-24(23)30)21-11-7-14-33(19-21)26-25(27(34)28(26)35)32-22(18-31)17-20-9-3-2-4-10-20/h5-6,12-13,20-22,29,32H,2-4,7-11,14-19,31H2,1H3/t21?,22-,29?/m0/s1. The van der Waals surface area contributed by atoms with Crippen LogP contribution in [0.15, 0.2) is 33.9 Å². The molecular weight excluding hydrogens is 473 g/mol. The average molecular weight is 516 g/mol. The smallest absolute Gasteiger partial charge is 0.253 e. The predicted octanol–water partition coefficient (Wildman–Crippen LogP) is 4.14. The normalized spacial score (nSPS) is 20.7. The molecule has 8 heteroatoms. The van der Waals surface area contributed by atoms with Crippen LogP contribution in [0.3, 0.4) is 0 Å². The van der Waals surface area contributed by atoms with E-state index in [-0.39, 0.29) is 17.8 Å². The van der Waals surface area contributed by atoms with Crippen LogP contribution in [0.1, 0.15) is 69.5 Å². The topological polar surface area (TPSA) is 93.9 Å². The van der Waals surface area contributed by atoms with E-state index in [1.54, 1.807) is 19.2 Å². The first-order valence-electron chi connectivity index (χ1n) is 13.9. The van der Waals surface area contributed by atoms with Crippen molar-refractivity contribution in [3.63, 3.8) is 0 Å². The summed E-state index contributed by atoms with van der Waals surface area (Å²) in [6.45, 7) is 2.65. The molecule has 2 unspecified atom stereocenters. The van der Waals surface area contributed by atoms with Gasteiger partial charge in [-0.15, -0.1) is 0 Å². The number of piperidine rings is 1. The molecule has 1 saturated heterocycles. The van der Waals surface area contributed by atoms with E-state index in [1.165, 1.54) is 38.2 Å². The van der Waals surface area contributed by atoms with Crippen LogP contribution in [-0.4, -0.2) is 46.0 Å². The SMILES string of the molecule is COCCCOC(c1ccccc1F)C1CCCN(c2c(N[C@H](CN)CC3CCCCC3)c(=O)c2=O)C1. The van der Waals surface area contributed by atoms with E-state index in [0.29, 0.717) is 62.1 Å². The molecule has 2 fully saturated rings. The quantitative estimate of drug-likeness (QED) is 0.306. The molecule has 4 rings (SSSR count). The Hall–Kier alpha value is -2.29. The highest BCUT2D eigenvalue weighted by molar-refractivity contribution is 5.75. The molecule has 2 aromatic rings. The lowest BCUT2D eigenvalue weighted by Gasteiger charge is -2.39. The van der Waals surface area contributed by atoms with Crippen LogP contribution < -0.4 is 26.8 Å². The lowest BCUT2D eigenvalue weighted by molar-refractivity contribution is -0.00433. The second-order valence-corrected chi connectivity index (χ2v) is 10.7. The van der Waals surface area contributed by atoms with Crippen molar-refractivity contribution in [2.75, 3.05) is 50.2 Å². The third-order valence-corrected chi connectivity index (χ3v) is 8.06. The fourth-order valence-corrected chi connectivity index (χ4v) is 6.12. The third kappa shape index (κ3) is 6.78. The molecule has 0 amide bonds. The van der Waals surface area contributed by atoms with Gasteiger partial charge in [0.05, 0.1) is 6.10 Å². The molecule has 2 aliphatic rings. The molecule has 3 N–H and O–H groups in total. The summed E-state index contributed by atoms with van der Waals surface area (Å²) in [5.41, 5.74) is 6.57. The maximum absolute atomic E-state index is 14.8. The summed E-state index contributed by atoms with van der Waals surface area (Å²) in [6.07, 6.45) is 9.07. The van der Waals surface area contributed by atoms with Crippen molar-refractivity contribution in [2.24, 2.45) is 17.6 Å². The highest BCUT2D eigenvalue weighted by Gasteiger charge is 2.35. The second-order valence-electron chi connectivity index (χ2n) is 10.7. The fourth-order valence-electron chi connectivity index (χ4n) is 6.12. The Kier molecular flexibility index (Phi) is 10.1. The van der Waals surface area contributed by atoms with E-state index in [0.717, 1.165) is 19.3 Å². The van der Waals surface area contributed by atoms with E-state index in [2.05, 4.69) is 5.32 Å². The lowest BCUT2D eigenvalue weighted by atomic mass is 9.84. The van der Waals surface area contributed by atoms with Crippen LogP contribution in [0.4, 0.5) is 15.8 Å². The Labute approximate surface area is 219 Å². The van der Waals surface area contributed by atoms with Gasteiger partial charge < -0.3 is 25.4 Å². The summed E-state index contributed by atoms with van der Waals surface area (Å²) in [5.74, 6) is 0.306. The third-order valence-electron chi connectivity index (χ3n) is 8.06. The first-order valence-corrected chi connectivity index (χ1v) is 13.9. The van der Waals surface area contributed by atoms with E-state index >= 15 is 0 Å². The zero-order valence-electron chi connectivity index (χ0n) is 22.1. The number of hydrogen-bond acceptors (Lipinski definition) is 7. The van der Waals surface area contributed by atoms with Crippen LogP contribution in [0, 0.1) is 17.7 Å². The summed E-state index contributed by atoms with van der Waals surface area (Å²) in [6, 6.07) is 6.70. The number of hydrogen-bond donors (Lipinski definition) is 2. The summed E-state index contributed by atoms with van der Waals surface area (Å²) >= 11 is 0. The number of anilines is 2. The zero-order valence-corrected chi connectivity index (χ0v) is 22.1. The highest BCUT2D eigenvalue weighted by atomic mass is 19.1. The monoisotopic (exact) mass is 515 g/mol. The zero-order chi connectivity index (χ0) is 26.2. The molecular formula is C29H42FN3O4. The van der Waals surface area contributed by atoms with Crippen LogP contribution in [-0.2, 0) is 9.47 Å². The highest BCUT2D eigenvalue weighted by Crippen LogP contribution is 2.37. The maximum atomic E-state index is 14.8. The van der Waals surface area contributed by atoms with Crippen LogP contribution in [0.2, 0.25) is 0 Å². The largest absolute Gasteiger partial charge is 0.385 e. The van der Waals surface area contributed by atoms with Crippen molar-refractivity contribution in [1.82, 2.24) is 0 Å². The van der Waals surface area contributed by atoms with Gasteiger partial charge in [0.15, 0.2) is 0 Å². The Balaban J connectivity index is 1.49. The number of halogens is 1. The van der Waals surface area contributed by atoms with Gasteiger partial charge in [-0.05, 0) is 37.7 Å².